The molecule has 1 aliphatic heterocycles. The number of benzene rings is 1. The van der Waals surface area contributed by atoms with Gasteiger partial charge in [0.25, 0.3) is 0 Å². The van der Waals surface area contributed by atoms with Crippen LogP contribution in [0.15, 0.2) is 18.2 Å². The average Bonchev–Trinajstić information content (AvgIpc) is 3.03. The van der Waals surface area contributed by atoms with Crippen molar-refractivity contribution in [1.29, 1.82) is 0 Å². The Labute approximate surface area is 156 Å². The van der Waals surface area contributed by atoms with Crippen molar-refractivity contribution in [2.75, 3.05) is 31.1 Å². The Balaban J connectivity index is 1.75. The van der Waals surface area contributed by atoms with Gasteiger partial charge in [-0.3, -0.25) is 4.79 Å². The lowest BCUT2D eigenvalue weighted by Gasteiger charge is -2.21. The Hall–Kier alpha value is -1.26. The van der Waals surface area contributed by atoms with Gasteiger partial charge >= 0.3 is 0 Å². The van der Waals surface area contributed by atoms with Crippen LogP contribution in [0.25, 0.3) is 0 Å². The van der Waals surface area contributed by atoms with Gasteiger partial charge in [0.1, 0.15) is 6.10 Å². The first kappa shape index (κ1) is 20.1. The molecule has 140 valence electrons. The summed E-state index contributed by atoms with van der Waals surface area (Å²) in [7, 11) is 0. The number of hydrogen-bond acceptors (Lipinski definition) is 3. The number of rotatable bonds is 8. The number of ether oxygens (including phenoxy) is 1. The highest BCUT2D eigenvalue weighted by Crippen LogP contribution is 2.29. The predicted octanol–water partition coefficient (Wildman–Crippen LogP) is 4.04. The fourth-order valence-electron chi connectivity index (χ4n) is 3.09. The first-order valence-electron chi connectivity index (χ1n) is 9.27. The summed E-state index contributed by atoms with van der Waals surface area (Å²) in [5, 5.41) is 3.81. The molecule has 1 aliphatic rings. The van der Waals surface area contributed by atoms with Crippen molar-refractivity contribution in [1.82, 2.24) is 5.32 Å². The van der Waals surface area contributed by atoms with Gasteiger partial charge in [0, 0.05) is 37.0 Å². The summed E-state index contributed by atoms with van der Waals surface area (Å²) < 4.78 is 5.61. The summed E-state index contributed by atoms with van der Waals surface area (Å²) in [6.45, 7) is 11.5. The summed E-state index contributed by atoms with van der Waals surface area (Å²) in [5.74, 6) is 1.04. The van der Waals surface area contributed by atoms with Gasteiger partial charge in [-0.25, -0.2) is 0 Å². The number of nitrogens with zero attached hydrogens (tertiary/aromatic N) is 1. The zero-order valence-electron chi connectivity index (χ0n) is 15.8. The van der Waals surface area contributed by atoms with Crippen LogP contribution in [0, 0.1) is 18.8 Å². The Kier molecular flexibility index (Phi) is 7.57. The first-order chi connectivity index (χ1) is 11.9. The summed E-state index contributed by atoms with van der Waals surface area (Å²) in [4.78, 5) is 14.5. The molecule has 1 aromatic carbocycles. The Bertz CT molecular complexity index is 577. The van der Waals surface area contributed by atoms with Crippen LogP contribution in [0.2, 0.25) is 5.02 Å². The highest BCUT2D eigenvalue weighted by atomic mass is 35.5. The summed E-state index contributed by atoms with van der Waals surface area (Å²) >= 11 is 6.13. The van der Waals surface area contributed by atoms with Crippen LogP contribution in [0.1, 0.15) is 39.2 Å². The van der Waals surface area contributed by atoms with E-state index >= 15 is 0 Å². The minimum Gasteiger partial charge on any atom is -0.371 e. The summed E-state index contributed by atoms with van der Waals surface area (Å²) in [6.07, 6.45) is 1.68. The van der Waals surface area contributed by atoms with Crippen molar-refractivity contribution in [2.45, 2.75) is 46.6 Å². The van der Waals surface area contributed by atoms with Crippen molar-refractivity contribution in [2.24, 2.45) is 11.8 Å². The molecule has 1 fully saturated rings. The second-order valence-corrected chi connectivity index (χ2v) is 7.91. The Morgan fingerprint density at radius 2 is 2.16 bits per heavy atom. The third-order valence-electron chi connectivity index (χ3n) is 4.79. The highest BCUT2D eigenvalue weighted by Gasteiger charge is 2.25. The fourth-order valence-corrected chi connectivity index (χ4v) is 3.25. The Morgan fingerprint density at radius 3 is 2.88 bits per heavy atom. The molecule has 25 heavy (non-hydrogen) atoms. The summed E-state index contributed by atoms with van der Waals surface area (Å²) in [5.41, 5.74) is 2.44. The van der Waals surface area contributed by atoms with Crippen LogP contribution >= 0.6 is 11.6 Å². The van der Waals surface area contributed by atoms with E-state index in [-0.39, 0.29) is 12.0 Å². The van der Waals surface area contributed by atoms with Crippen molar-refractivity contribution >= 4 is 23.2 Å². The molecule has 1 saturated heterocycles. The second-order valence-electron chi connectivity index (χ2n) is 7.47. The third kappa shape index (κ3) is 6.19. The monoisotopic (exact) mass is 366 g/mol. The normalized spacial score (nSPS) is 18.6. The smallest absolute Gasteiger partial charge is 0.248 e. The van der Waals surface area contributed by atoms with E-state index in [0.717, 1.165) is 31.0 Å². The fraction of sp³-hybridized carbons (Fsp3) is 0.650. The minimum atomic E-state index is -0.383. The molecule has 0 saturated carbocycles. The molecule has 0 radical (unpaired) electrons. The van der Waals surface area contributed by atoms with E-state index in [1.807, 2.05) is 19.1 Å². The van der Waals surface area contributed by atoms with Crippen molar-refractivity contribution < 1.29 is 9.53 Å². The van der Waals surface area contributed by atoms with Gasteiger partial charge in [0.05, 0.1) is 0 Å². The quantitative estimate of drug-likeness (QED) is 0.754. The lowest BCUT2D eigenvalue weighted by atomic mass is 10.1. The van der Waals surface area contributed by atoms with Crippen molar-refractivity contribution in [3.8, 4) is 0 Å². The van der Waals surface area contributed by atoms with Gasteiger partial charge in [0.2, 0.25) is 5.91 Å². The molecule has 0 bridgehead atoms. The van der Waals surface area contributed by atoms with Gasteiger partial charge in [0.15, 0.2) is 0 Å². The molecule has 0 aliphatic carbocycles. The molecular formula is C20H31ClN2O2. The van der Waals surface area contributed by atoms with Crippen LogP contribution in [-0.4, -0.2) is 38.3 Å². The van der Waals surface area contributed by atoms with Crippen LogP contribution in [-0.2, 0) is 9.53 Å². The number of halogens is 1. The lowest BCUT2D eigenvalue weighted by molar-refractivity contribution is -0.132. The first-order valence-corrected chi connectivity index (χ1v) is 9.65. The van der Waals surface area contributed by atoms with Gasteiger partial charge in [-0.05, 0) is 56.2 Å². The molecule has 2 rings (SSSR count). The van der Waals surface area contributed by atoms with Crippen LogP contribution in [0.4, 0.5) is 5.69 Å². The van der Waals surface area contributed by atoms with Crippen molar-refractivity contribution in [3.63, 3.8) is 0 Å². The molecule has 0 aromatic heterocycles. The van der Waals surface area contributed by atoms with Gasteiger partial charge in [-0.2, -0.15) is 0 Å². The van der Waals surface area contributed by atoms with E-state index in [1.54, 1.807) is 0 Å². The van der Waals surface area contributed by atoms with E-state index in [4.69, 9.17) is 16.3 Å². The van der Waals surface area contributed by atoms with E-state index in [0.29, 0.717) is 25.0 Å². The van der Waals surface area contributed by atoms with E-state index < -0.39 is 0 Å². The topological polar surface area (TPSA) is 41.6 Å². The summed E-state index contributed by atoms with van der Waals surface area (Å²) in [6, 6.07) is 6.01. The highest BCUT2D eigenvalue weighted by molar-refractivity contribution is 6.30. The predicted molar refractivity (Wildman–Crippen MR) is 104 cm³/mol. The number of amides is 1. The van der Waals surface area contributed by atoms with E-state index in [1.165, 1.54) is 11.3 Å². The van der Waals surface area contributed by atoms with Crippen LogP contribution in [0.5, 0.6) is 0 Å². The third-order valence-corrected chi connectivity index (χ3v) is 5.03. The zero-order chi connectivity index (χ0) is 18.4. The van der Waals surface area contributed by atoms with Gasteiger partial charge in [-0.15, -0.1) is 0 Å². The molecule has 1 amide bonds. The molecule has 2 unspecified atom stereocenters. The molecule has 0 spiro atoms. The number of aryl methyl sites for hydroxylation is 1. The SMILES string of the molecule is Cc1ccc(Cl)cc1N1CCC(CNC(=O)C(C)OCCC(C)C)C1. The molecule has 1 heterocycles. The van der Waals surface area contributed by atoms with E-state index in [9.17, 15) is 4.79 Å². The molecule has 2 atom stereocenters. The molecule has 1 N–H and O–H groups in total. The van der Waals surface area contributed by atoms with Crippen LogP contribution < -0.4 is 10.2 Å². The average molecular weight is 367 g/mol. The number of hydrogen-bond donors (Lipinski definition) is 1. The minimum absolute atomic E-state index is 0.0128. The lowest BCUT2D eigenvalue weighted by Crippen LogP contribution is -2.38. The van der Waals surface area contributed by atoms with Gasteiger partial charge in [-0.1, -0.05) is 31.5 Å². The maximum atomic E-state index is 12.2. The molecule has 1 aromatic rings. The Morgan fingerprint density at radius 1 is 1.40 bits per heavy atom. The second kappa shape index (κ2) is 9.44. The number of nitrogens with one attached hydrogen (secondary N) is 1. The largest absolute Gasteiger partial charge is 0.371 e. The number of carbonyl (C=O) groups excluding carboxylic acids is 1. The van der Waals surface area contributed by atoms with Crippen molar-refractivity contribution in [3.05, 3.63) is 28.8 Å². The number of anilines is 1. The zero-order valence-corrected chi connectivity index (χ0v) is 16.6. The number of carbonyl (C=O) groups is 1. The van der Waals surface area contributed by atoms with Crippen LogP contribution in [0.3, 0.4) is 0 Å². The van der Waals surface area contributed by atoms with Gasteiger partial charge < -0.3 is 15.0 Å². The maximum Gasteiger partial charge on any atom is 0.248 e. The van der Waals surface area contributed by atoms with E-state index in [2.05, 4.69) is 37.1 Å². The maximum absolute atomic E-state index is 12.2. The molecular weight excluding hydrogens is 336 g/mol. The standard InChI is InChI=1S/C20H31ClN2O2/c1-14(2)8-10-25-16(4)20(24)22-12-17-7-9-23(13-17)19-11-18(21)6-5-15(19)3/h5-6,11,14,16-17H,7-10,12-13H2,1-4H3,(H,22,24). The molecule has 4 nitrogen and oxygen atoms in total. The molecule has 5 heteroatoms.